The second kappa shape index (κ2) is 6.78. The summed E-state index contributed by atoms with van der Waals surface area (Å²) in [7, 11) is 0. The van der Waals surface area contributed by atoms with Gasteiger partial charge in [-0.05, 0) is 44.5 Å². The largest absolute Gasteiger partial charge is 0.396 e. The van der Waals surface area contributed by atoms with Crippen LogP contribution in [0.15, 0.2) is 30.3 Å². The van der Waals surface area contributed by atoms with Crippen LogP contribution in [0, 0.1) is 13.8 Å². The van der Waals surface area contributed by atoms with Gasteiger partial charge in [-0.1, -0.05) is 17.7 Å². The van der Waals surface area contributed by atoms with Crippen molar-refractivity contribution in [2.75, 3.05) is 13.2 Å². The number of aliphatic hydroxyl groups is 1. The number of carbonyl (C=O) groups excluding carboxylic acids is 1. The van der Waals surface area contributed by atoms with Crippen LogP contribution >= 0.6 is 11.6 Å². The van der Waals surface area contributed by atoms with Crippen LogP contribution in [-0.2, 0) is 0 Å². The zero-order chi connectivity index (χ0) is 15.4. The Kier molecular flexibility index (Phi) is 5.04. The summed E-state index contributed by atoms with van der Waals surface area (Å²) >= 11 is 6.04. The van der Waals surface area contributed by atoms with Crippen LogP contribution in [-0.4, -0.2) is 28.7 Å². The Hall–Kier alpha value is -1.78. The van der Waals surface area contributed by atoms with Crippen molar-refractivity contribution in [3.63, 3.8) is 0 Å². The maximum atomic E-state index is 12.2. The van der Waals surface area contributed by atoms with Crippen LogP contribution < -0.4 is 5.32 Å². The molecule has 1 heterocycles. The van der Waals surface area contributed by atoms with Crippen molar-refractivity contribution in [3.05, 3.63) is 52.3 Å². The zero-order valence-corrected chi connectivity index (χ0v) is 12.9. The van der Waals surface area contributed by atoms with Crippen molar-refractivity contribution in [2.45, 2.75) is 20.3 Å². The minimum atomic E-state index is -0.121. The second-order valence-electron chi connectivity index (χ2n) is 4.93. The molecule has 0 saturated heterocycles. The highest BCUT2D eigenvalue weighted by molar-refractivity contribution is 6.30. The van der Waals surface area contributed by atoms with Crippen LogP contribution in [0.25, 0.3) is 5.69 Å². The van der Waals surface area contributed by atoms with Crippen molar-refractivity contribution < 1.29 is 9.90 Å². The number of hydrogen-bond donors (Lipinski definition) is 2. The molecule has 0 spiro atoms. The molecule has 0 unspecified atom stereocenters. The third-order valence-electron chi connectivity index (χ3n) is 3.36. The minimum absolute atomic E-state index is 0.0712. The predicted molar refractivity (Wildman–Crippen MR) is 84.3 cm³/mol. The van der Waals surface area contributed by atoms with Crippen molar-refractivity contribution in [1.29, 1.82) is 0 Å². The number of nitrogens with zero attached hydrogens (tertiary/aromatic N) is 1. The number of aryl methyl sites for hydroxylation is 1. The minimum Gasteiger partial charge on any atom is -0.396 e. The van der Waals surface area contributed by atoms with E-state index in [-0.39, 0.29) is 12.5 Å². The van der Waals surface area contributed by atoms with Gasteiger partial charge in [0.2, 0.25) is 0 Å². The number of nitrogens with one attached hydrogen (secondary N) is 1. The SMILES string of the molecule is Cc1cc(C(=O)NCCCO)c(C)n1-c1cccc(Cl)c1. The van der Waals surface area contributed by atoms with E-state index >= 15 is 0 Å². The van der Waals surface area contributed by atoms with Crippen LogP contribution in [0.4, 0.5) is 0 Å². The fourth-order valence-corrected chi connectivity index (χ4v) is 2.57. The molecule has 21 heavy (non-hydrogen) atoms. The van der Waals surface area contributed by atoms with E-state index in [1.54, 1.807) is 0 Å². The summed E-state index contributed by atoms with van der Waals surface area (Å²) in [5.41, 5.74) is 3.43. The summed E-state index contributed by atoms with van der Waals surface area (Å²) in [6, 6.07) is 9.40. The zero-order valence-electron chi connectivity index (χ0n) is 12.2. The molecule has 2 aromatic rings. The molecule has 0 saturated carbocycles. The first-order valence-electron chi connectivity index (χ1n) is 6.88. The average molecular weight is 307 g/mol. The molecular weight excluding hydrogens is 288 g/mol. The number of rotatable bonds is 5. The summed E-state index contributed by atoms with van der Waals surface area (Å²) in [6.45, 7) is 4.41. The lowest BCUT2D eigenvalue weighted by Crippen LogP contribution is -2.25. The molecule has 0 aliphatic rings. The van der Waals surface area contributed by atoms with Gasteiger partial charge in [0.05, 0.1) is 5.56 Å². The molecule has 0 radical (unpaired) electrons. The molecule has 0 atom stereocenters. The Morgan fingerprint density at radius 1 is 1.33 bits per heavy atom. The maximum absolute atomic E-state index is 12.2. The first kappa shape index (κ1) is 15.6. The fraction of sp³-hybridized carbons (Fsp3) is 0.312. The summed E-state index contributed by atoms with van der Waals surface area (Å²) in [5.74, 6) is -0.121. The number of benzene rings is 1. The smallest absolute Gasteiger partial charge is 0.253 e. The topological polar surface area (TPSA) is 54.3 Å². The normalized spacial score (nSPS) is 10.7. The highest BCUT2D eigenvalue weighted by Gasteiger charge is 2.16. The lowest BCUT2D eigenvalue weighted by molar-refractivity contribution is 0.0950. The molecular formula is C16H19ClN2O2. The predicted octanol–water partition coefficient (Wildman–Crippen LogP) is 2.86. The summed E-state index contributed by atoms with van der Waals surface area (Å²) in [5, 5.41) is 12.2. The van der Waals surface area contributed by atoms with E-state index in [4.69, 9.17) is 16.7 Å². The van der Waals surface area contributed by atoms with Gasteiger partial charge < -0.3 is 15.0 Å². The van der Waals surface area contributed by atoms with Gasteiger partial charge in [-0.25, -0.2) is 0 Å². The van der Waals surface area contributed by atoms with Crippen molar-refractivity contribution in [1.82, 2.24) is 9.88 Å². The van der Waals surface area contributed by atoms with E-state index in [0.717, 1.165) is 17.1 Å². The number of carbonyl (C=O) groups is 1. The lowest BCUT2D eigenvalue weighted by Gasteiger charge is -2.10. The quantitative estimate of drug-likeness (QED) is 0.835. The van der Waals surface area contributed by atoms with Gasteiger partial charge in [0.15, 0.2) is 0 Å². The maximum Gasteiger partial charge on any atom is 0.253 e. The Balaban J connectivity index is 2.31. The number of halogens is 1. The second-order valence-corrected chi connectivity index (χ2v) is 5.37. The summed E-state index contributed by atoms with van der Waals surface area (Å²) in [4.78, 5) is 12.2. The number of hydrogen-bond acceptors (Lipinski definition) is 2. The van der Waals surface area contributed by atoms with Crippen LogP contribution in [0.3, 0.4) is 0 Å². The van der Waals surface area contributed by atoms with Gasteiger partial charge in [-0.15, -0.1) is 0 Å². The monoisotopic (exact) mass is 306 g/mol. The number of aromatic nitrogens is 1. The van der Waals surface area contributed by atoms with Gasteiger partial charge in [0, 0.05) is 35.2 Å². The molecule has 1 aromatic carbocycles. The molecule has 2 rings (SSSR count). The molecule has 0 fully saturated rings. The van der Waals surface area contributed by atoms with Gasteiger partial charge in [0.1, 0.15) is 0 Å². The molecule has 5 heteroatoms. The van der Waals surface area contributed by atoms with Crippen LogP contribution in [0.2, 0.25) is 5.02 Å². The lowest BCUT2D eigenvalue weighted by atomic mass is 10.2. The Morgan fingerprint density at radius 2 is 2.10 bits per heavy atom. The molecule has 2 N–H and O–H groups in total. The molecule has 0 aliphatic carbocycles. The van der Waals surface area contributed by atoms with Crippen molar-refractivity contribution in [3.8, 4) is 5.69 Å². The third kappa shape index (κ3) is 3.46. The van der Waals surface area contributed by atoms with Crippen LogP contribution in [0.5, 0.6) is 0 Å². The number of aliphatic hydroxyl groups excluding tert-OH is 1. The molecule has 1 amide bonds. The van der Waals surface area contributed by atoms with Crippen molar-refractivity contribution >= 4 is 17.5 Å². The van der Waals surface area contributed by atoms with Gasteiger partial charge >= 0.3 is 0 Å². The van der Waals surface area contributed by atoms with E-state index in [0.29, 0.717) is 23.6 Å². The molecule has 0 aliphatic heterocycles. The van der Waals surface area contributed by atoms with E-state index in [2.05, 4.69) is 5.32 Å². The molecule has 0 bridgehead atoms. The van der Waals surface area contributed by atoms with E-state index in [9.17, 15) is 4.79 Å². The highest BCUT2D eigenvalue weighted by atomic mass is 35.5. The first-order chi connectivity index (χ1) is 10.0. The molecule has 4 nitrogen and oxygen atoms in total. The summed E-state index contributed by atoms with van der Waals surface area (Å²) < 4.78 is 2.01. The Labute approximate surface area is 129 Å². The first-order valence-corrected chi connectivity index (χ1v) is 7.26. The Bertz CT molecular complexity index is 650. The van der Waals surface area contributed by atoms with Crippen LogP contribution in [0.1, 0.15) is 28.2 Å². The van der Waals surface area contributed by atoms with E-state index < -0.39 is 0 Å². The van der Waals surface area contributed by atoms with Gasteiger partial charge in [0.25, 0.3) is 5.91 Å². The fourth-order valence-electron chi connectivity index (χ4n) is 2.38. The average Bonchev–Trinajstić information content (AvgIpc) is 2.74. The van der Waals surface area contributed by atoms with Gasteiger partial charge in [-0.2, -0.15) is 0 Å². The van der Waals surface area contributed by atoms with E-state index in [1.165, 1.54) is 0 Å². The molecule has 112 valence electrons. The highest BCUT2D eigenvalue weighted by Crippen LogP contribution is 2.22. The van der Waals surface area contributed by atoms with Gasteiger partial charge in [-0.3, -0.25) is 4.79 Å². The summed E-state index contributed by atoms with van der Waals surface area (Å²) in [6.07, 6.45) is 0.554. The van der Waals surface area contributed by atoms with E-state index in [1.807, 2.05) is 48.7 Å². The third-order valence-corrected chi connectivity index (χ3v) is 3.60. The molecule has 1 aromatic heterocycles. The standard InChI is InChI=1S/C16H19ClN2O2/c1-11-9-15(16(21)18-7-4-8-20)12(2)19(11)14-6-3-5-13(17)10-14/h3,5-6,9-10,20H,4,7-8H2,1-2H3,(H,18,21). The van der Waals surface area contributed by atoms with Crippen molar-refractivity contribution in [2.24, 2.45) is 0 Å². The Morgan fingerprint density at radius 3 is 2.76 bits per heavy atom. The number of amides is 1.